The lowest BCUT2D eigenvalue weighted by molar-refractivity contribution is -0.193. The fourth-order valence-electron chi connectivity index (χ4n) is 4.03. The molecule has 4 heterocycles. The summed E-state index contributed by atoms with van der Waals surface area (Å²) < 4.78 is 81.1. The standard InChI is InChI=1S/C22H24FN7.2C2HF3O2/c1-2-29-16-17(13-26-29)15-27-8-10-28(11-9-27)21-22-25-14-20(30(22)7-6-24-21)18-4-3-5-19(23)12-18;2*3-2(4,5)1(6)7/h3-7,12-14,16H,2,8-11,15H2,1H3;2*(H,6,7). The first-order chi connectivity index (χ1) is 20.6. The van der Waals surface area contributed by atoms with E-state index in [1.807, 2.05) is 27.5 Å². The van der Waals surface area contributed by atoms with Crippen LogP contribution in [-0.2, 0) is 22.7 Å². The molecule has 44 heavy (non-hydrogen) atoms. The van der Waals surface area contributed by atoms with E-state index >= 15 is 0 Å². The normalized spacial score (nSPS) is 14.0. The highest BCUT2D eigenvalue weighted by atomic mass is 19.4. The second-order valence-electron chi connectivity index (χ2n) is 9.17. The van der Waals surface area contributed by atoms with Gasteiger partial charge in [0.05, 0.1) is 18.1 Å². The van der Waals surface area contributed by atoms with Crippen molar-refractivity contribution in [2.75, 3.05) is 31.1 Å². The smallest absolute Gasteiger partial charge is 0.475 e. The summed E-state index contributed by atoms with van der Waals surface area (Å²) in [7, 11) is 0. The zero-order chi connectivity index (χ0) is 32.7. The topological polar surface area (TPSA) is 129 Å². The molecule has 2 N–H and O–H groups in total. The van der Waals surface area contributed by atoms with Gasteiger partial charge >= 0.3 is 24.3 Å². The summed E-state index contributed by atoms with van der Waals surface area (Å²) in [6.45, 7) is 7.59. The summed E-state index contributed by atoms with van der Waals surface area (Å²) in [6.07, 6.45) is -0.632. The fourth-order valence-corrected chi connectivity index (χ4v) is 4.03. The van der Waals surface area contributed by atoms with Crippen LogP contribution in [0.4, 0.5) is 36.6 Å². The third-order valence-electron chi connectivity index (χ3n) is 6.10. The van der Waals surface area contributed by atoms with Crippen molar-refractivity contribution < 1.29 is 50.5 Å². The van der Waals surface area contributed by atoms with Crippen LogP contribution in [0.5, 0.6) is 0 Å². The predicted octanol–water partition coefficient (Wildman–Crippen LogP) is 4.34. The van der Waals surface area contributed by atoms with E-state index in [0.29, 0.717) is 0 Å². The Balaban J connectivity index is 0.000000317. The zero-order valence-corrected chi connectivity index (χ0v) is 22.9. The summed E-state index contributed by atoms with van der Waals surface area (Å²) in [4.78, 5) is 31.7. The molecule has 1 fully saturated rings. The minimum atomic E-state index is -5.08. The number of imidazole rings is 1. The lowest BCUT2D eigenvalue weighted by Gasteiger charge is -2.35. The Bertz CT molecular complexity index is 1540. The maximum atomic E-state index is 13.7. The van der Waals surface area contributed by atoms with Crippen molar-refractivity contribution in [3.8, 4) is 11.3 Å². The highest BCUT2D eigenvalue weighted by Gasteiger charge is 2.38. The fraction of sp³-hybridized carbons (Fsp3) is 0.346. The SMILES string of the molecule is CCn1cc(CN2CCN(c3nccn4c(-c5cccc(F)c5)cnc34)CC2)cn1.O=C(O)C(F)(F)F.O=C(O)C(F)(F)F. The molecule has 5 rings (SSSR count). The van der Waals surface area contributed by atoms with Crippen molar-refractivity contribution in [1.82, 2.24) is 29.0 Å². The Morgan fingerprint density at radius 1 is 0.932 bits per heavy atom. The number of carboxylic acids is 2. The third-order valence-corrected chi connectivity index (χ3v) is 6.10. The van der Waals surface area contributed by atoms with Crippen LogP contribution in [0.15, 0.2) is 55.2 Å². The van der Waals surface area contributed by atoms with Gasteiger partial charge in [-0.15, -0.1) is 0 Å². The van der Waals surface area contributed by atoms with Gasteiger partial charge in [-0.3, -0.25) is 14.0 Å². The molecule has 3 aromatic heterocycles. The van der Waals surface area contributed by atoms with Crippen molar-refractivity contribution in [2.24, 2.45) is 0 Å². The number of benzene rings is 1. The molecule has 0 aliphatic carbocycles. The second kappa shape index (κ2) is 14.2. The maximum absolute atomic E-state index is 13.7. The number of fused-ring (bicyclic) bond motifs is 1. The summed E-state index contributed by atoms with van der Waals surface area (Å²) >= 11 is 0. The Labute approximate surface area is 244 Å². The third kappa shape index (κ3) is 9.13. The zero-order valence-electron chi connectivity index (χ0n) is 22.9. The summed E-state index contributed by atoms with van der Waals surface area (Å²) in [5, 5.41) is 18.6. The molecule has 0 unspecified atom stereocenters. The molecule has 0 saturated carbocycles. The van der Waals surface area contributed by atoms with E-state index in [0.717, 1.165) is 62.0 Å². The van der Waals surface area contributed by atoms with Crippen molar-refractivity contribution in [2.45, 2.75) is 32.4 Å². The molecule has 1 aliphatic rings. The molecular weight excluding hydrogens is 607 g/mol. The average Bonchev–Trinajstić information content (AvgIpc) is 3.60. The molecule has 4 aromatic rings. The first-order valence-corrected chi connectivity index (χ1v) is 12.8. The van der Waals surface area contributed by atoms with Crippen molar-refractivity contribution >= 4 is 23.4 Å². The maximum Gasteiger partial charge on any atom is 0.490 e. The molecule has 0 amide bonds. The van der Waals surface area contributed by atoms with Crippen molar-refractivity contribution in [3.63, 3.8) is 0 Å². The Morgan fingerprint density at radius 3 is 2.07 bits per heavy atom. The molecule has 0 bridgehead atoms. The van der Waals surface area contributed by atoms with Crippen LogP contribution in [0.2, 0.25) is 0 Å². The number of rotatable bonds is 5. The number of aryl methyl sites for hydroxylation is 1. The molecule has 0 radical (unpaired) electrons. The lowest BCUT2D eigenvalue weighted by atomic mass is 10.1. The number of aliphatic carboxylic acids is 2. The van der Waals surface area contributed by atoms with E-state index < -0.39 is 24.3 Å². The van der Waals surface area contributed by atoms with E-state index in [-0.39, 0.29) is 5.82 Å². The Kier molecular flexibility index (Phi) is 10.9. The van der Waals surface area contributed by atoms with Crippen LogP contribution in [0.25, 0.3) is 16.9 Å². The number of hydrogen-bond acceptors (Lipinski definition) is 7. The minimum Gasteiger partial charge on any atom is -0.475 e. The monoisotopic (exact) mass is 633 g/mol. The molecule has 11 nitrogen and oxygen atoms in total. The Morgan fingerprint density at radius 2 is 1.55 bits per heavy atom. The minimum absolute atomic E-state index is 0.252. The number of nitrogens with zero attached hydrogens (tertiary/aromatic N) is 7. The molecule has 1 saturated heterocycles. The first kappa shape index (κ1) is 33.8. The van der Waals surface area contributed by atoms with E-state index in [1.165, 1.54) is 17.7 Å². The highest BCUT2D eigenvalue weighted by molar-refractivity contribution is 5.73. The number of piperazine rings is 1. The van der Waals surface area contributed by atoms with Gasteiger partial charge in [0.15, 0.2) is 11.5 Å². The lowest BCUT2D eigenvalue weighted by Crippen LogP contribution is -2.46. The van der Waals surface area contributed by atoms with Crippen LogP contribution in [-0.4, -0.2) is 89.7 Å². The highest BCUT2D eigenvalue weighted by Crippen LogP contribution is 2.26. The molecule has 238 valence electrons. The summed E-state index contributed by atoms with van der Waals surface area (Å²) in [6, 6.07) is 6.59. The molecule has 0 atom stereocenters. The largest absolute Gasteiger partial charge is 0.490 e. The Hall–Kier alpha value is -4.74. The van der Waals surface area contributed by atoms with Gasteiger partial charge < -0.3 is 15.1 Å². The molecule has 1 aromatic carbocycles. The molecule has 0 spiro atoms. The predicted molar refractivity (Wildman–Crippen MR) is 141 cm³/mol. The number of alkyl halides is 6. The second-order valence-corrected chi connectivity index (χ2v) is 9.17. The van der Waals surface area contributed by atoms with Crippen LogP contribution in [0.3, 0.4) is 0 Å². The molecular formula is C26H26F7N7O4. The molecule has 18 heteroatoms. The number of carbonyl (C=O) groups is 2. The van der Waals surface area contributed by atoms with Crippen LogP contribution in [0.1, 0.15) is 12.5 Å². The van der Waals surface area contributed by atoms with Gasteiger partial charge in [0.25, 0.3) is 0 Å². The number of hydrogen-bond donors (Lipinski definition) is 2. The molecule has 1 aliphatic heterocycles. The number of anilines is 1. The van der Waals surface area contributed by atoms with Crippen LogP contribution in [0, 0.1) is 5.82 Å². The van der Waals surface area contributed by atoms with Crippen LogP contribution < -0.4 is 4.90 Å². The van der Waals surface area contributed by atoms with E-state index in [1.54, 1.807) is 18.5 Å². The van der Waals surface area contributed by atoms with E-state index in [9.17, 15) is 30.7 Å². The van der Waals surface area contributed by atoms with Crippen molar-refractivity contribution in [3.05, 3.63) is 66.6 Å². The van der Waals surface area contributed by atoms with Gasteiger partial charge in [-0.2, -0.15) is 31.4 Å². The number of carboxylic acid groups (broad SMARTS) is 2. The van der Waals surface area contributed by atoms with Gasteiger partial charge in [0.2, 0.25) is 0 Å². The van der Waals surface area contributed by atoms with Crippen LogP contribution >= 0.6 is 0 Å². The van der Waals surface area contributed by atoms with E-state index in [2.05, 4.69) is 38.0 Å². The summed E-state index contributed by atoms with van der Waals surface area (Å²) in [5.41, 5.74) is 3.71. The quantitative estimate of drug-likeness (QED) is 0.309. The van der Waals surface area contributed by atoms with Gasteiger partial charge in [-0.05, 0) is 19.1 Å². The van der Waals surface area contributed by atoms with Crippen molar-refractivity contribution in [1.29, 1.82) is 0 Å². The average molecular weight is 634 g/mol. The number of aromatic nitrogens is 5. The van der Waals surface area contributed by atoms with Gasteiger partial charge in [0, 0.05) is 69.0 Å². The van der Waals surface area contributed by atoms with Gasteiger partial charge in [0.1, 0.15) is 5.82 Å². The number of halogens is 7. The van der Waals surface area contributed by atoms with Gasteiger partial charge in [-0.25, -0.2) is 23.9 Å². The summed E-state index contributed by atoms with van der Waals surface area (Å²) in [5.74, 6) is -4.89. The van der Waals surface area contributed by atoms with Gasteiger partial charge in [-0.1, -0.05) is 12.1 Å². The first-order valence-electron chi connectivity index (χ1n) is 12.8. The van der Waals surface area contributed by atoms with E-state index in [4.69, 9.17) is 19.8 Å².